The summed E-state index contributed by atoms with van der Waals surface area (Å²) in [5, 5.41) is 0. The van der Waals surface area contributed by atoms with Gasteiger partial charge in [-0.3, -0.25) is 0 Å². The Morgan fingerprint density at radius 2 is 1.76 bits per heavy atom. The molecule has 2 atom stereocenters. The standard InChI is InChI=1S/C16H22S/c1-5-7-8-13(3)14(4)15-9-11-16(12-10-15)17-6-2/h9-14H,5-6H2,1-4H3. The Bertz CT molecular complexity index is 380. The molecule has 0 nitrogen and oxygen atoms in total. The van der Waals surface area contributed by atoms with E-state index in [2.05, 4.69) is 63.8 Å². The van der Waals surface area contributed by atoms with Crippen molar-refractivity contribution in [2.75, 3.05) is 5.75 Å². The first kappa shape index (κ1) is 14.2. The summed E-state index contributed by atoms with van der Waals surface area (Å²) in [4.78, 5) is 1.36. The second-order valence-electron chi connectivity index (χ2n) is 4.25. The third kappa shape index (κ3) is 4.48. The molecule has 0 N–H and O–H groups in total. The van der Waals surface area contributed by atoms with Crippen molar-refractivity contribution in [3.8, 4) is 11.8 Å². The molecular formula is C16H22S. The monoisotopic (exact) mass is 246 g/mol. The van der Waals surface area contributed by atoms with E-state index in [1.807, 2.05) is 11.8 Å². The third-order valence-electron chi connectivity index (χ3n) is 2.97. The molecule has 0 saturated carbocycles. The Labute approximate surface area is 110 Å². The summed E-state index contributed by atoms with van der Waals surface area (Å²) in [6, 6.07) is 8.93. The number of rotatable bonds is 4. The average Bonchev–Trinajstić information content (AvgIpc) is 2.36. The van der Waals surface area contributed by atoms with E-state index in [9.17, 15) is 0 Å². The SMILES string of the molecule is CCC#CC(C)C(C)c1ccc(SCC)cc1. The van der Waals surface area contributed by atoms with Crippen LogP contribution in [0, 0.1) is 17.8 Å². The summed E-state index contributed by atoms with van der Waals surface area (Å²) in [5.41, 5.74) is 1.39. The summed E-state index contributed by atoms with van der Waals surface area (Å²) in [7, 11) is 0. The van der Waals surface area contributed by atoms with E-state index in [0.29, 0.717) is 11.8 Å². The predicted molar refractivity (Wildman–Crippen MR) is 78.5 cm³/mol. The van der Waals surface area contributed by atoms with E-state index in [0.717, 1.165) is 12.2 Å². The van der Waals surface area contributed by atoms with Crippen molar-refractivity contribution >= 4 is 11.8 Å². The Morgan fingerprint density at radius 3 is 2.29 bits per heavy atom. The van der Waals surface area contributed by atoms with Crippen LogP contribution in [0.4, 0.5) is 0 Å². The molecule has 17 heavy (non-hydrogen) atoms. The molecule has 0 saturated heterocycles. The van der Waals surface area contributed by atoms with E-state index in [1.165, 1.54) is 10.5 Å². The quantitative estimate of drug-likeness (QED) is 0.535. The van der Waals surface area contributed by atoms with Crippen LogP contribution in [0.25, 0.3) is 0 Å². The summed E-state index contributed by atoms with van der Waals surface area (Å²) in [6.45, 7) is 8.75. The van der Waals surface area contributed by atoms with Gasteiger partial charge in [-0.25, -0.2) is 0 Å². The minimum atomic E-state index is 0.430. The molecule has 92 valence electrons. The van der Waals surface area contributed by atoms with Gasteiger partial charge in [-0.05, 0) is 29.4 Å². The highest BCUT2D eigenvalue weighted by molar-refractivity contribution is 7.99. The lowest BCUT2D eigenvalue weighted by molar-refractivity contribution is 0.609. The van der Waals surface area contributed by atoms with Crippen LogP contribution >= 0.6 is 11.8 Å². The maximum absolute atomic E-state index is 3.32. The normalized spacial score (nSPS) is 13.6. The molecule has 0 fully saturated rings. The molecule has 0 radical (unpaired) electrons. The molecule has 2 unspecified atom stereocenters. The first-order valence-electron chi connectivity index (χ1n) is 6.40. The van der Waals surface area contributed by atoms with Crippen LogP contribution < -0.4 is 0 Å². The molecule has 1 heteroatoms. The van der Waals surface area contributed by atoms with Crippen molar-refractivity contribution in [3.63, 3.8) is 0 Å². The summed E-state index contributed by atoms with van der Waals surface area (Å²) >= 11 is 1.89. The Kier molecular flexibility index (Phi) is 6.22. The minimum Gasteiger partial charge on any atom is -0.126 e. The zero-order valence-corrected chi connectivity index (χ0v) is 12.1. The van der Waals surface area contributed by atoms with Crippen molar-refractivity contribution in [1.29, 1.82) is 0 Å². The van der Waals surface area contributed by atoms with Crippen LogP contribution in [0.15, 0.2) is 29.2 Å². The molecule has 0 heterocycles. The van der Waals surface area contributed by atoms with E-state index >= 15 is 0 Å². The number of thioether (sulfide) groups is 1. The summed E-state index contributed by atoms with van der Waals surface area (Å²) < 4.78 is 0. The van der Waals surface area contributed by atoms with Gasteiger partial charge < -0.3 is 0 Å². The van der Waals surface area contributed by atoms with E-state index < -0.39 is 0 Å². The molecule has 0 aliphatic heterocycles. The average molecular weight is 246 g/mol. The first-order valence-corrected chi connectivity index (χ1v) is 7.38. The Morgan fingerprint density at radius 1 is 1.12 bits per heavy atom. The van der Waals surface area contributed by atoms with Crippen molar-refractivity contribution in [3.05, 3.63) is 29.8 Å². The molecule has 0 amide bonds. The lowest BCUT2D eigenvalue weighted by Gasteiger charge is -2.15. The number of hydrogen-bond acceptors (Lipinski definition) is 1. The second-order valence-corrected chi connectivity index (χ2v) is 5.59. The molecule has 1 rings (SSSR count). The van der Waals surface area contributed by atoms with Crippen molar-refractivity contribution in [1.82, 2.24) is 0 Å². The van der Waals surface area contributed by atoms with Gasteiger partial charge in [0.2, 0.25) is 0 Å². The van der Waals surface area contributed by atoms with Gasteiger partial charge in [0.05, 0.1) is 0 Å². The Hall–Kier alpha value is -0.870. The van der Waals surface area contributed by atoms with Gasteiger partial charge in [0, 0.05) is 17.2 Å². The van der Waals surface area contributed by atoms with Gasteiger partial charge in [-0.2, -0.15) is 0 Å². The maximum Gasteiger partial charge on any atom is 0.0240 e. The van der Waals surface area contributed by atoms with Gasteiger partial charge >= 0.3 is 0 Å². The topological polar surface area (TPSA) is 0 Å². The fourth-order valence-electron chi connectivity index (χ4n) is 1.71. The highest BCUT2D eigenvalue weighted by Crippen LogP contribution is 2.26. The molecule has 0 aromatic heterocycles. The highest BCUT2D eigenvalue weighted by atomic mass is 32.2. The summed E-state index contributed by atoms with van der Waals surface area (Å²) in [5.74, 6) is 8.56. The largest absolute Gasteiger partial charge is 0.126 e. The smallest absolute Gasteiger partial charge is 0.0240 e. The van der Waals surface area contributed by atoms with E-state index in [4.69, 9.17) is 0 Å². The molecule has 0 spiro atoms. The van der Waals surface area contributed by atoms with Gasteiger partial charge in [0.15, 0.2) is 0 Å². The van der Waals surface area contributed by atoms with Gasteiger partial charge in [-0.15, -0.1) is 17.7 Å². The van der Waals surface area contributed by atoms with Crippen molar-refractivity contribution < 1.29 is 0 Å². The zero-order valence-electron chi connectivity index (χ0n) is 11.3. The van der Waals surface area contributed by atoms with Gasteiger partial charge in [-0.1, -0.05) is 45.7 Å². The number of hydrogen-bond donors (Lipinski definition) is 0. The van der Waals surface area contributed by atoms with Crippen LogP contribution in [0.3, 0.4) is 0 Å². The zero-order chi connectivity index (χ0) is 12.7. The first-order chi connectivity index (χ1) is 8.19. The van der Waals surface area contributed by atoms with Crippen LogP contribution in [0.2, 0.25) is 0 Å². The van der Waals surface area contributed by atoms with E-state index in [-0.39, 0.29) is 0 Å². The number of benzene rings is 1. The third-order valence-corrected chi connectivity index (χ3v) is 3.87. The van der Waals surface area contributed by atoms with Crippen LogP contribution in [-0.2, 0) is 0 Å². The molecular weight excluding hydrogens is 224 g/mol. The van der Waals surface area contributed by atoms with Crippen LogP contribution in [0.1, 0.15) is 45.6 Å². The fraction of sp³-hybridized carbons (Fsp3) is 0.500. The highest BCUT2D eigenvalue weighted by Gasteiger charge is 2.11. The van der Waals surface area contributed by atoms with E-state index in [1.54, 1.807) is 0 Å². The van der Waals surface area contributed by atoms with Crippen molar-refractivity contribution in [2.45, 2.75) is 44.9 Å². The lowest BCUT2D eigenvalue weighted by atomic mass is 9.89. The fourth-order valence-corrected chi connectivity index (χ4v) is 2.37. The second kappa shape index (κ2) is 7.45. The van der Waals surface area contributed by atoms with Gasteiger partial charge in [0.1, 0.15) is 0 Å². The molecule has 0 aliphatic rings. The summed E-state index contributed by atoms with van der Waals surface area (Å²) in [6.07, 6.45) is 0.948. The Balaban J connectivity index is 2.71. The van der Waals surface area contributed by atoms with Crippen LogP contribution in [-0.4, -0.2) is 5.75 Å². The molecule has 0 bridgehead atoms. The maximum atomic E-state index is 3.32. The lowest BCUT2D eigenvalue weighted by Crippen LogP contribution is -2.03. The minimum absolute atomic E-state index is 0.430. The molecule has 1 aromatic rings. The molecule has 1 aromatic carbocycles. The van der Waals surface area contributed by atoms with Crippen LogP contribution in [0.5, 0.6) is 0 Å². The van der Waals surface area contributed by atoms with Gasteiger partial charge in [0.25, 0.3) is 0 Å². The molecule has 0 aliphatic carbocycles. The van der Waals surface area contributed by atoms with Crippen molar-refractivity contribution in [2.24, 2.45) is 5.92 Å². The predicted octanol–water partition coefficient (Wildman–Crippen LogP) is 4.95.